The van der Waals surface area contributed by atoms with Gasteiger partial charge < -0.3 is 5.32 Å². The summed E-state index contributed by atoms with van der Waals surface area (Å²) in [7, 11) is 0. The summed E-state index contributed by atoms with van der Waals surface area (Å²) in [4.78, 5) is 10.8. The van der Waals surface area contributed by atoms with Crippen molar-refractivity contribution >= 4 is 5.69 Å². The van der Waals surface area contributed by atoms with Gasteiger partial charge in [-0.15, -0.1) is 0 Å². The van der Waals surface area contributed by atoms with Gasteiger partial charge >= 0.3 is 0 Å². The zero-order valence-electron chi connectivity index (χ0n) is 12.4. The van der Waals surface area contributed by atoms with Crippen LogP contribution >= 0.6 is 0 Å². The number of anilines is 1. The Hall–Kier alpha value is -2.97. The predicted octanol–water partition coefficient (Wildman–Crippen LogP) is 3.14. The van der Waals surface area contributed by atoms with Crippen molar-refractivity contribution in [3.8, 4) is 5.82 Å². The van der Waals surface area contributed by atoms with Gasteiger partial charge in [-0.2, -0.15) is 22.5 Å². The van der Waals surface area contributed by atoms with Crippen molar-refractivity contribution < 1.29 is 17.6 Å². The maximum Gasteiger partial charge on any atom is 0.253 e. The van der Waals surface area contributed by atoms with E-state index < -0.39 is 29.2 Å². The number of hydrogen-bond donors (Lipinski definition) is 1. The van der Waals surface area contributed by atoms with Crippen LogP contribution in [-0.2, 0) is 6.54 Å². The highest BCUT2D eigenvalue weighted by Crippen LogP contribution is 2.22. The quantitative estimate of drug-likeness (QED) is 0.587. The summed E-state index contributed by atoms with van der Waals surface area (Å²) in [6, 6.07) is 3.35. The van der Waals surface area contributed by atoms with E-state index in [-0.39, 0.29) is 6.54 Å². The van der Waals surface area contributed by atoms with Crippen molar-refractivity contribution in [2.24, 2.45) is 0 Å². The van der Waals surface area contributed by atoms with Crippen molar-refractivity contribution in [1.29, 1.82) is 0 Å². The van der Waals surface area contributed by atoms with E-state index in [4.69, 9.17) is 0 Å². The van der Waals surface area contributed by atoms with Crippen LogP contribution in [0.2, 0.25) is 0 Å². The molecule has 5 nitrogen and oxygen atoms in total. The molecule has 0 aromatic carbocycles. The summed E-state index contributed by atoms with van der Waals surface area (Å²) in [6.07, 6.45) is 4.85. The Morgan fingerprint density at radius 2 is 1.75 bits per heavy atom. The molecule has 0 saturated carbocycles. The lowest BCUT2D eigenvalue weighted by molar-refractivity contribution is 0.410. The van der Waals surface area contributed by atoms with Gasteiger partial charge in [-0.25, -0.2) is 9.97 Å². The molecule has 1 N–H and O–H groups in total. The average Bonchev–Trinajstić information content (AvgIpc) is 3.00. The first-order valence-electron chi connectivity index (χ1n) is 6.86. The van der Waals surface area contributed by atoms with Crippen LogP contribution in [0.1, 0.15) is 11.4 Å². The molecule has 0 radical (unpaired) electrons. The molecule has 0 bridgehead atoms. The van der Waals surface area contributed by atoms with Gasteiger partial charge in [-0.05, 0) is 18.6 Å². The van der Waals surface area contributed by atoms with Crippen molar-refractivity contribution in [3.63, 3.8) is 0 Å². The van der Waals surface area contributed by atoms with Gasteiger partial charge in [-0.3, -0.25) is 4.57 Å². The second-order valence-corrected chi connectivity index (χ2v) is 4.92. The minimum absolute atomic E-state index is 0.0765. The number of imidazole rings is 1. The van der Waals surface area contributed by atoms with Gasteiger partial charge in [0, 0.05) is 25.1 Å². The van der Waals surface area contributed by atoms with Crippen molar-refractivity contribution in [2.75, 3.05) is 5.32 Å². The normalized spacial score (nSPS) is 10.9. The highest BCUT2D eigenvalue weighted by Gasteiger charge is 2.20. The van der Waals surface area contributed by atoms with Crippen LogP contribution in [0.25, 0.3) is 5.82 Å². The molecule has 0 unspecified atom stereocenters. The Bertz CT molecular complexity index is 850. The van der Waals surface area contributed by atoms with Crippen LogP contribution in [0.3, 0.4) is 0 Å². The fourth-order valence-corrected chi connectivity index (χ4v) is 2.12. The molecular formula is C15H11F4N5. The molecule has 0 spiro atoms. The molecule has 9 heteroatoms. The molecule has 3 aromatic heterocycles. The molecule has 3 aromatic rings. The van der Waals surface area contributed by atoms with Crippen LogP contribution in [0, 0.1) is 30.5 Å². The van der Waals surface area contributed by atoms with E-state index in [9.17, 15) is 17.6 Å². The lowest BCUT2D eigenvalue weighted by Crippen LogP contribution is -2.09. The van der Waals surface area contributed by atoms with E-state index in [2.05, 4.69) is 20.3 Å². The number of aryl methyl sites for hydroxylation is 1. The molecule has 0 saturated heterocycles. The first kappa shape index (κ1) is 15.9. The molecular weight excluding hydrogens is 326 g/mol. The Labute approximate surface area is 134 Å². The molecule has 3 heterocycles. The minimum atomic E-state index is -1.71. The van der Waals surface area contributed by atoms with Gasteiger partial charge in [0.15, 0.2) is 0 Å². The lowest BCUT2D eigenvalue weighted by atomic mass is 10.2. The summed E-state index contributed by atoms with van der Waals surface area (Å²) in [5.41, 5.74) is -0.345. The lowest BCUT2D eigenvalue weighted by Gasteiger charge is -2.10. The maximum absolute atomic E-state index is 13.5. The van der Waals surface area contributed by atoms with Crippen LogP contribution in [0.4, 0.5) is 23.2 Å². The van der Waals surface area contributed by atoms with Crippen molar-refractivity contribution in [1.82, 2.24) is 19.5 Å². The summed E-state index contributed by atoms with van der Waals surface area (Å²) in [5, 5.41) is 2.32. The highest BCUT2D eigenvalue weighted by molar-refractivity contribution is 5.46. The van der Waals surface area contributed by atoms with E-state index in [0.717, 1.165) is 5.82 Å². The molecule has 0 aliphatic heterocycles. The molecule has 0 aliphatic rings. The van der Waals surface area contributed by atoms with Crippen LogP contribution in [-0.4, -0.2) is 19.5 Å². The van der Waals surface area contributed by atoms with Gasteiger partial charge in [0.1, 0.15) is 17.3 Å². The van der Waals surface area contributed by atoms with Gasteiger partial charge in [0.25, 0.3) is 11.9 Å². The summed E-state index contributed by atoms with van der Waals surface area (Å²) in [6.45, 7) is 1.74. The number of aromatic nitrogens is 4. The SMILES string of the molecule is Cc1nccn1-c1ccc(CNc2c(F)c(F)nc(F)c2F)cn1. The predicted molar refractivity (Wildman–Crippen MR) is 77.5 cm³/mol. The molecule has 124 valence electrons. The second-order valence-electron chi connectivity index (χ2n) is 4.92. The summed E-state index contributed by atoms with van der Waals surface area (Å²) < 4.78 is 54.8. The van der Waals surface area contributed by atoms with E-state index in [0.29, 0.717) is 11.4 Å². The van der Waals surface area contributed by atoms with Crippen molar-refractivity contribution in [2.45, 2.75) is 13.5 Å². The fourth-order valence-electron chi connectivity index (χ4n) is 2.12. The summed E-state index contributed by atoms with van der Waals surface area (Å²) in [5.74, 6) is -5.20. The fraction of sp³-hybridized carbons (Fsp3) is 0.133. The van der Waals surface area contributed by atoms with E-state index in [1.807, 2.05) is 6.92 Å². The largest absolute Gasteiger partial charge is 0.376 e. The number of nitrogens with one attached hydrogen (secondary N) is 1. The molecule has 0 fully saturated rings. The Balaban J connectivity index is 1.78. The highest BCUT2D eigenvalue weighted by atomic mass is 19.2. The number of hydrogen-bond acceptors (Lipinski definition) is 4. The number of pyridine rings is 2. The van der Waals surface area contributed by atoms with Crippen LogP contribution in [0.15, 0.2) is 30.7 Å². The summed E-state index contributed by atoms with van der Waals surface area (Å²) >= 11 is 0. The monoisotopic (exact) mass is 337 g/mol. The minimum Gasteiger partial charge on any atom is -0.376 e. The standard InChI is InChI=1S/C15H11F4N5/c1-8-20-4-5-24(8)10-3-2-9(6-21-10)7-22-13-11(16)14(18)23-15(19)12(13)17/h2-6H,7H2,1H3,(H,22,23). The number of halogens is 4. The Kier molecular flexibility index (Phi) is 4.15. The van der Waals surface area contributed by atoms with E-state index in [1.165, 1.54) is 6.20 Å². The van der Waals surface area contributed by atoms with Gasteiger partial charge in [0.05, 0.1) is 0 Å². The number of nitrogens with zero attached hydrogens (tertiary/aromatic N) is 4. The van der Waals surface area contributed by atoms with Crippen LogP contribution < -0.4 is 5.32 Å². The topological polar surface area (TPSA) is 55.6 Å². The molecule has 24 heavy (non-hydrogen) atoms. The molecule has 0 atom stereocenters. The Morgan fingerprint density at radius 1 is 1.04 bits per heavy atom. The van der Waals surface area contributed by atoms with Crippen molar-refractivity contribution in [3.05, 3.63) is 65.6 Å². The van der Waals surface area contributed by atoms with Crippen LogP contribution in [0.5, 0.6) is 0 Å². The second kappa shape index (κ2) is 6.26. The first-order chi connectivity index (χ1) is 11.5. The first-order valence-corrected chi connectivity index (χ1v) is 6.86. The molecule has 0 aliphatic carbocycles. The molecule has 3 rings (SSSR count). The number of rotatable bonds is 4. The average molecular weight is 337 g/mol. The van der Waals surface area contributed by atoms with E-state index >= 15 is 0 Å². The van der Waals surface area contributed by atoms with Gasteiger partial charge in [-0.1, -0.05) is 6.07 Å². The Morgan fingerprint density at radius 3 is 2.29 bits per heavy atom. The zero-order valence-corrected chi connectivity index (χ0v) is 12.4. The third kappa shape index (κ3) is 2.92. The van der Waals surface area contributed by atoms with E-state index in [1.54, 1.807) is 29.1 Å². The van der Waals surface area contributed by atoms with Gasteiger partial charge in [0.2, 0.25) is 11.6 Å². The third-order valence-electron chi connectivity index (χ3n) is 3.35. The third-order valence-corrected chi connectivity index (χ3v) is 3.35. The maximum atomic E-state index is 13.5. The smallest absolute Gasteiger partial charge is 0.253 e. The zero-order chi connectivity index (χ0) is 17.3. The molecule has 0 amide bonds.